The van der Waals surface area contributed by atoms with Crippen LogP contribution in [0.4, 0.5) is 5.69 Å². The van der Waals surface area contributed by atoms with Crippen molar-refractivity contribution >= 4 is 33.9 Å². The molecule has 0 atom stereocenters. The monoisotopic (exact) mass is 329 g/mol. The number of fused-ring (bicyclic) bond motifs is 1. The number of hydrazine groups is 2. The lowest BCUT2D eigenvalue weighted by Gasteiger charge is -2.29. The van der Waals surface area contributed by atoms with E-state index in [0.717, 1.165) is 24.6 Å². The van der Waals surface area contributed by atoms with Gasteiger partial charge < -0.3 is 4.90 Å². The fourth-order valence-corrected chi connectivity index (χ4v) is 2.72. The summed E-state index contributed by atoms with van der Waals surface area (Å²) in [5, 5.41) is 8.98. The highest BCUT2D eigenvalue weighted by atomic mass is 35.5. The first-order valence-corrected chi connectivity index (χ1v) is 8.10. The zero-order valence-electron chi connectivity index (χ0n) is 13.3. The molecule has 1 aliphatic heterocycles. The Morgan fingerprint density at radius 2 is 1.87 bits per heavy atom. The summed E-state index contributed by atoms with van der Waals surface area (Å²) in [5.41, 5.74) is 7.14. The molecule has 0 bridgehead atoms. The summed E-state index contributed by atoms with van der Waals surface area (Å²) in [7, 11) is 0. The van der Waals surface area contributed by atoms with E-state index in [9.17, 15) is 0 Å². The molecule has 23 heavy (non-hydrogen) atoms. The Bertz CT molecular complexity index is 751. The molecule has 1 heterocycles. The minimum Gasteiger partial charge on any atom is -0.356 e. The fourth-order valence-electron chi connectivity index (χ4n) is 2.54. The van der Waals surface area contributed by atoms with E-state index in [1.54, 1.807) is 5.23 Å². The zero-order chi connectivity index (χ0) is 16.2. The molecule has 2 N–H and O–H groups in total. The lowest BCUT2D eigenvalue weighted by atomic mass is 10.1. The van der Waals surface area contributed by atoms with Gasteiger partial charge in [-0.05, 0) is 36.8 Å². The Kier molecular flexibility index (Phi) is 4.57. The highest BCUT2D eigenvalue weighted by Gasteiger charge is 2.15. The Morgan fingerprint density at radius 3 is 2.61 bits per heavy atom. The van der Waals surface area contributed by atoms with Crippen LogP contribution in [-0.2, 0) is 0 Å². The summed E-state index contributed by atoms with van der Waals surface area (Å²) in [4.78, 5) is 2.14. The van der Waals surface area contributed by atoms with E-state index in [1.807, 2.05) is 24.3 Å². The van der Waals surface area contributed by atoms with Gasteiger partial charge in [-0.1, -0.05) is 41.9 Å². The van der Waals surface area contributed by atoms with Crippen molar-refractivity contribution in [3.8, 4) is 0 Å². The van der Waals surface area contributed by atoms with Gasteiger partial charge in [0.1, 0.15) is 5.16 Å². The van der Waals surface area contributed by atoms with Crippen molar-refractivity contribution in [2.45, 2.75) is 13.8 Å². The van der Waals surface area contributed by atoms with Gasteiger partial charge in [0.05, 0.1) is 5.69 Å². The summed E-state index contributed by atoms with van der Waals surface area (Å²) in [5.74, 6) is 0.826. The van der Waals surface area contributed by atoms with Crippen LogP contribution in [0.3, 0.4) is 0 Å². The molecule has 6 heteroatoms. The number of halogens is 1. The lowest BCUT2D eigenvalue weighted by Crippen LogP contribution is -2.43. The predicted molar refractivity (Wildman–Crippen MR) is 96.8 cm³/mol. The van der Waals surface area contributed by atoms with Crippen LogP contribution in [0.5, 0.6) is 0 Å². The average Bonchev–Trinajstić information content (AvgIpc) is 2.55. The quantitative estimate of drug-likeness (QED) is 0.839. The zero-order valence-corrected chi connectivity index (χ0v) is 14.0. The van der Waals surface area contributed by atoms with Crippen LogP contribution >= 0.6 is 11.6 Å². The maximum absolute atomic E-state index is 6.19. The molecule has 3 rings (SSSR count). The van der Waals surface area contributed by atoms with E-state index in [2.05, 4.69) is 59.0 Å². The molecule has 0 spiro atoms. The normalized spacial score (nSPS) is 14.1. The van der Waals surface area contributed by atoms with Gasteiger partial charge in [0, 0.05) is 19.2 Å². The molecule has 0 fully saturated rings. The van der Waals surface area contributed by atoms with Crippen LogP contribution in [-0.4, -0.2) is 29.1 Å². The smallest absolute Gasteiger partial charge is 0.155 e. The first-order valence-electron chi connectivity index (χ1n) is 7.72. The third-order valence-corrected chi connectivity index (χ3v) is 3.94. The number of benzene rings is 2. The van der Waals surface area contributed by atoms with Crippen LogP contribution in [0.25, 0.3) is 10.8 Å². The Hall–Kier alpha value is -2.40. The first kappa shape index (κ1) is 15.5. The number of hydrogen-bond acceptors (Lipinski definition) is 5. The Morgan fingerprint density at radius 1 is 1.13 bits per heavy atom. The number of nitrogens with zero attached hydrogens (tertiary/aromatic N) is 3. The van der Waals surface area contributed by atoms with Crippen LogP contribution in [0.15, 0.2) is 58.8 Å². The molecular weight excluding hydrogens is 310 g/mol. The van der Waals surface area contributed by atoms with Crippen molar-refractivity contribution in [2.75, 3.05) is 18.5 Å². The number of anilines is 1. The van der Waals surface area contributed by atoms with Crippen molar-refractivity contribution in [3.05, 3.63) is 53.7 Å². The van der Waals surface area contributed by atoms with Gasteiger partial charge in [-0.15, -0.1) is 10.3 Å². The lowest BCUT2D eigenvalue weighted by molar-refractivity contribution is 0.269. The SMILES string of the molecule is CCN(CC)C1=NN(Nc2ccc3ccccc3c2)NC(Cl)=C1. The minimum absolute atomic E-state index is 0.523. The molecule has 120 valence electrons. The van der Waals surface area contributed by atoms with E-state index in [4.69, 9.17) is 11.6 Å². The van der Waals surface area contributed by atoms with Crippen molar-refractivity contribution in [3.63, 3.8) is 0 Å². The van der Waals surface area contributed by atoms with Gasteiger partial charge in [0.25, 0.3) is 0 Å². The van der Waals surface area contributed by atoms with E-state index >= 15 is 0 Å². The number of rotatable bonds is 4. The molecule has 0 radical (unpaired) electrons. The van der Waals surface area contributed by atoms with Crippen molar-refractivity contribution in [2.24, 2.45) is 5.10 Å². The molecule has 0 unspecified atom stereocenters. The highest BCUT2D eigenvalue weighted by Crippen LogP contribution is 2.20. The number of hydrazone groups is 1. The third kappa shape index (κ3) is 3.51. The van der Waals surface area contributed by atoms with Gasteiger partial charge in [0.15, 0.2) is 5.84 Å². The van der Waals surface area contributed by atoms with Crippen molar-refractivity contribution in [1.29, 1.82) is 0 Å². The molecule has 2 aromatic carbocycles. The van der Waals surface area contributed by atoms with E-state index in [1.165, 1.54) is 10.8 Å². The van der Waals surface area contributed by atoms with Gasteiger partial charge in [0.2, 0.25) is 0 Å². The van der Waals surface area contributed by atoms with E-state index < -0.39 is 0 Å². The van der Waals surface area contributed by atoms with E-state index in [0.29, 0.717) is 5.16 Å². The maximum atomic E-state index is 6.19. The molecule has 0 saturated heterocycles. The van der Waals surface area contributed by atoms with Crippen LogP contribution in [0, 0.1) is 0 Å². The van der Waals surface area contributed by atoms with Crippen molar-refractivity contribution < 1.29 is 0 Å². The van der Waals surface area contributed by atoms with Crippen LogP contribution < -0.4 is 10.9 Å². The van der Waals surface area contributed by atoms with Gasteiger partial charge in [-0.2, -0.15) is 0 Å². The Labute approximate surface area is 141 Å². The molecule has 1 aliphatic rings. The molecular formula is C17H20ClN5. The average molecular weight is 330 g/mol. The highest BCUT2D eigenvalue weighted by molar-refractivity contribution is 6.30. The molecule has 5 nitrogen and oxygen atoms in total. The third-order valence-electron chi connectivity index (χ3n) is 3.74. The van der Waals surface area contributed by atoms with Crippen LogP contribution in [0.2, 0.25) is 0 Å². The standard InChI is InChI=1S/C17H20ClN5/c1-3-22(4-2)17-12-16(18)20-23(21-17)19-15-10-9-13-7-5-6-8-14(13)11-15/h5-12,19-20H,3-4H2,1-2H3. The van der Waals surface area contributed by atoms with Gasteiger partial charge >= 0.3 is 0 Å². The fraction of sp³-hybridized carbons (Fsp3) is 0.235. The predicted octanol–water partition coefficient (Wildman–Crippen LogP) is 3.72. The Balaban J connectivity index is 1.82. The second-order valence-electron chi connectivity index (χ2n) is 5.22. The minimum atomic E-state index is 0.523. The number of amidine groups is 1. The second kappa shape index (κ2) is 6.79. The van der Waals surface area contributed by atoms with Gasteiger partial charge in [-0.3, -0.25) is 10.9 Å². The first-order chi connectivity index (χ1) is 11.2. The summed E-state index contributed by atoms with van der Waals surface area (Å²) >= 11 is 6.19. The van der Waals surface area contributed by atoms with Crippen molar-refractivity contribution in [1.82, 2.24) is 15.6 Å². The summed E-state index contributed by atoms with van der Waals surface area (Å²) in [6, 6.07) is 14.4. The molecule has 2 aromatic rings. The largest absolute Gasteiger partial charge is 0.356 e. The number of nitrogens with one attached hydrogen (secondary N) is 2. The topological polar surface area (TPSA) is 42.9 Å². The number of hydrogen-bond donors (Lipinski definition) is 2. The number of likely N-dealkylation sites (N-methyl/N-ethyl adjacent to an activating group) is 1. The molecule has 0 aromatic heterocycles. The molecule has 0 amide bonds. The summed E-state index contributed by atoms with van der Waals surface area (Å²) < 4.78 is 0. The van der Waals surface area contributed by atoms with E-state index in [-0.39, 0.29) is 0 Å². The van der Waals surface area contributed by atoms with Crippen LogP contribution in [0.1, 0.15) is 13.8 Å². The summed E-state index contributed by atoms with van der Waals surface area (Å²) in [6.45, 7) is 5.94. The summed E-state index contributed by atoms with van der Waals surface area (Å²) in [6.07, 6.45) is 1.83. The molecule has 0 saturated carbocycles. The molecule has 0 aliphatic carbocycles. The van der Waals surface area contributed by atoms with Gasteiger partial charge in [-0.25, -0.2) is 0 Å². The second-order valence-corrected chi connectivity index (χ2v) is 5.63. The maximum Gasteiger partial charge on any atom is 0.155 e.